The summed E-state index contributed by atoms with van der Waals surface area (Å²) >= 11 is 0. The van der Waals surface area contributed by atoms with Crippen LogP contribution in [0.1, 0.15) is 27.2 Å². The van der Waals surface area contributed by atoms with Crippen LogP contribution in [0, 0.1) is 17.2 Å². The predicted molar refractivity (Wildman–Crippen MR) is 40.5 cm³/mol. The summed E-state index contributed by atoms with van der Waals surface area (Å²) in [6.45, 7) is 5.96. The third-order valence-electron chi connectivity index (χ3n) is 2.01. The minimum atomic E-state index is -0.569. The Bertz CT molecular complexity index is 131. The van der Waals surface area contributed by atoms with Crippen molar-refractivity contribution in [3.05, 3.63) is 0 Å². The van der Waals surface area contributed by atoms with E-state index in [1.807, 2.05) is 20.8 Å². The second-order valence-corrected chi connectivity index (χ2v) is 2.71. The Kier molecular flexibility index (Phi) is 3.38. The molecule has 2 nitrogen and oxygen atoms in total. The summed E-state index contributed by atoms with van der Waals surface area (Å²) in [4.78, 5) is 0. The fourth-order valence-electron chi connectivity index (χ4n) is 1.04. The van der Waals surface area contributed by atoms with E-state index >= 15 is 0 Å². The minimum Gasteiger partial charge on any atom is -0.363 e. The Morgan fingerprint density at radius 2 is 2.10 bits per heavy atom. The second-order valence-electron chi connectivity index (χ2n) is 2.71. The molecule has 1 atom stereocenters. The van der Waals surface area contributed by atoms with Crippen molar-refractivity contribution < 1.29 is 4.74 Å². The third kappa shape index (κ3) is 1.48. The van der Waals surface area contributed by atoms with Gasteiger partial charge in [-0.2, -0.15) is 5.26 Å². The van der Waals surface area contributed by atoms with Gasteiger partial charge in [-0.05, 0) is 12.3 Å². The van der Waals surface area contributed by atoms with Crippen molar-refractivity contribution in [3.63, 3.8) is 0 Å². The van der Waals surface area contributed by atoms with Gasteiger partial charge in [-0.25, -0.2) is 0 Å². The first-order valence-electron chi connectivity index (χ1n) is 3.59. The number of nitrogens with zero attached hydrogens (tertiary/aromatic N) is 1. The maximum atomic E-state index is 8.77. The standard InChI is InChI=1S/C8H15NO/c1-5-8(6-9,10-4)7(2)3/h7H,5H2,1-4H3. The first kappa shape index (κ1) is 9.45. The highest BCUT2D eigenvalue weighted by atomic mass is 16.5. The lowest BCUT2D eigenvalue weighted by Gasteiger charge is -2.27. The van der Waals surface area contributed by atoms with Gasteiger partial charge in [0.1, 0.15) is 0 Å². The van der Waals surface area contributed by atoms with Gasteiger partial charge in [-0.3, -0.25) is 0 Å². The number of rotatable bonds is 3. The lowest BCUT2D eigenvalue weighted by molar-refractivity contribution is -0.00216. The fourth-order valence-corrected chi connectivity index (χ4v) is 1.04. The molecule has 0 aliphatic heterocycles. The zero-order valence-electron chi connectivity index (χ0n) is 7.14. The van der Waals surface area contributed by atoms with Gasteiger partial charge >= 0.3 is 0 Å². The van der Waals surface area contributed by atoms with Crippen molar-refractivity contribution in [1.82, 2.24) is 0 Å². The van der Waals surface area contributed by atoms with Gasteiger partial charge in [0.05, 0.1) is 6.07 Å². The Morgan fingerprint density at radius 1 is 1.60 bits per heavy atom. The first-order chi connectivity index (χ1) is 4.63. The van der Waals surface area contributed by atoms with Crippen molar-refractivity contribution in [2.75, 3.05) is 7.11 Å². The molecule has 0 rings (SSSR count). The topological polar surface area (TPSA) is 33.0 Å². The molecule has 0 amide bonds. The lowest BCUT2D eigenvalue weighted by atomic mass is 9.89. The maximum absolute atomic E-state index is 8.77. The van der Waals surface area contributed by atoms with E-state index in [-0.39, 0.29) is 5.92 Å². The summed E-state index contributed by atoms with van der Waals surface area (Å²) in [6.07, 6.45) is 0.748. The summed E-state index contributed by atoms with van der Waals surface area (Å²) in [7, 11) is 1.59. The van der Waals surface area contributed by atoms with Gasteiger partial charge in [0, 0.05) is 7.11 Å². The number of hydrogen-bond donors (Lipinski definition) is 0. The molecule has 0 heterocycles. The molecular weight excluding hydrogens is 126 g/mol. The van der Waals surface area contributed by atoms with E-state index in [9.17, 15) is 0 Å². The van der Waals surface area contributed by atoms with Gasteiger partial charge in [-0.15, -0.1) is 0 Å². The molecule has 10 heavy (non-hydrogen) atoms. The molecule has 1 unspecified atom stereocenters. The molecule has 0 aromatic heterocycles. The van der Waals surface area contributed by atoms with Crippen molar-refractivity contribution in [2.24, 2.45) is 5.92 Å². The molecule has 0 N–H and O–H groups in total. The smallest absolute Gasteiger partial charge is 0.155 e. The Morgan fingerprint density at radius 3 is 2.10 bits per heavy atom. The number of methoxy groups -OCH3 is 1. The van der Waals surface area contributed by atoms with Crippen LogP contribution in [0.5, 0.6) is 0 Å². The van der Waals surface area contributed by atoms with E-state index in [0.29, 0.717) is 0 Å². The zero-order valence-corrected chi connectivity index (χ0v) is 7.14. The van der Waals surface area contributed by atoms with E-state index < -0.39 is 5.60 Å². The zero-order chi connectivity index (χ0) is 8.20. The Hall–Kier alpha value is -0.550. The SMILES string of the molecule is CCC(C#N)(OC)C(C)C. The van der Waals surface area contributed by atoms with Crippen LogP contribution in [-0.2, 0) is 4.74 Å². The van der Waals surface area contributed by atoms with Gasteiger partial charge in [-0.1, -0.05) is 20.8 Å². The largest absolute Gasteiger partial charge is 0.363 e. The lowest BCUT2D eigenvalue weighted by Crippen LogP contribution is -2.34. The average Bonchev–Trinajstić information content (AvgIpc) is 1.92. The van der Waals surface area contributed by atoms with E-state index in [1.54, 1.807) is 7.11 Å². The average molecular weight is 141 g/mol. The quantitative estimate of drug-likeness (QED) is 0.602. The van der Waals surface area contributed by atoms with E-state index in [1.165, 1.54) is 0 Å². The Labute approximate surface area is 62.8 Å². The molecule has 58 valence electrons. The van der Waals surface area contributed by atoms with E-state index in [2.05, 4.69) is 6.07 Å². The highest BCUT2D eigenvalue weighted by Crippen LogP contribution is 2.23. The summed E-state index contributed by atoms with van der Waals surface area (Å²) in [5.41, 5.74) is -0.569. The van der Waals surface area contributed by atoms with Crippen LogP contribution in [0.4, 0.5) is 0 Å². The molecular formula is C8H15NO. The molecule has 0 radical (unpaired) electrons. The molecule has 0 aliphatic carbocycles. The second kappa shape index (κ2) is 3.58. The van der Waals surface area contributed by atoms with Crippen LogP contribution < -0.4 is 0 Å². The monoisotopic (exact) mass is 141 g/mol. The number of ether oxygens (including phenoxy) is 1. The molecule has 0 bridgehead atoms. The van der Waals surface area contributed by atoms with Crippen molar-refractivity contribution in [1.29, 1.82) is 5.26 Å². The molecule has 0 aromatic rings. The van der Waals surface area contributed by atoms with Gasteiger partial charge < -0.3 is 4.74 Å². The highest BCUT2D eigenvalue weighted by Gasteiger charge is 2.31. The summed E-state index contributed by atoms with van der Waals surface area (Å²) in [5, 5.41) is 8.77. The molecule has 0 aromatic carbocycles. The summed E-state index contributed by atoms with van der Waals surface area (Å²) < 4.78 is 5.14. The van der Waals surface area contributed by atoms with E-state index in [0.717, 1.165) is 6.42 Å². The molecule has 0 fully saturated rings. The molecule has 2 heteroatoms. The fraction of sp³-hybridized carbons (Fsp3) is 0.875. The van der Waals surface area contributed by atoms with Gasteiger partial charge in [0.25, 0.3) is 0 Å². The third-order valence-corrected chi connectivity index (χ3v) is 2.01. The van der Waals surface area contributed by atoms with Crippen LogP contribution in [0.15, 0.2) is 0 Å². The van der Waals surface area contributed by atoms with Crippen LogP contribution in [0.2, 0.25) is 0 Å². The normalized spacial score (nSPS) is 16.4. The summed E-state index contributed by atoms with van der Waals surface area (Å²) in [6, 6.07) is 2.19. The van der Waals surface area contributed by atoms with Crippen LogP contribution >= 0.6 is 0 Å². The highest BCUT2D eigenvalue weighted by molar-refractivity contribution is 5.02. The number of hydrogen-bond acceptors (Lipinski definition) is 2. The molecule has 0 saturated heterocycles. The number of nitriles is 1. The molecule has 0 aliphatic rings. The van der Waals surface area contributed by atoms with Crippen molar-refractivity contribution in [3.8, 4) is 6.07 Å². The summed E-state index contributed by atoms with van der Waals surface area (Å²) in [5.74, 6) is 0.257. The van der Waals surface area contributed by atoms with Crippen LogP contribution in [0.3, 0.4) is 0 Å². The minimum absolute atomic E-state index is 0.257. The maximum Gasteiger partial charge on any atom is 0.155 e. The van der Waals surface area contributed by atoms with Crippen molar-refractivity contribution in [2.45, 2.75) is 32.8 Å². The molecule has 0 saturated carbocycles. The molecule has 0 spiro atoms. The first-order valence-corrected chi connectivity index (χ1v) is 3.59. The predicted octanol–water partition coefficient (Wildman–Crippen LogP) is 1.96. The van der Waals surface area contributed by atoms with Crippen LogP contribution in [-0.4, -0.2) is 12.7 Å². The van der Waals surface area contributed by atoms with Gasteiger partial charge in [0.2, 0.25) is 0 Å². The van der Waals surface area contributed by atoms with Gasteiger partial charge in [0.15, 0.2) is 5.60 Å². The Balaban J connectivity index is 4.35. The van der Waals surface area contributed by atoms with Crippen molar-refractivity contribution >= 4 is 0 Å². The van der Waals surface area contributed by atoms with Crippen LogP contribution in [0.25, 0.3) is 0 Å². The van der Waals surface area contributed by atoms with E-state index in [4.69, 9.17) is 10.00 Å².